The Morgan fingerprint density at radius 3 is 3.12 bits per heavy atom. The first-order valence-electron chi connectivity index (χ1n) is 5.23. The predicted octanol–water partition coefficient (Wildman–Crippen LogP) is 2.74. The zero-order valence-electron chi connectivity index (χ0n) is 9.44. The second-order valence-corrected chi connectivity index (χ2v) is 4.44. The first kappa shape index (κ1) is 12.1. The lowest BCUT2D eigenvalue weighted by Gasteiger charge is -2.05. The topological polar surface area (TPSA) is 47.3 Å². The van der Waals surface area contributed by atoms with Crippen molar-refractivity contribution < 1.29 is 9.15 Å². The third kappa shape index (κ3) is 3.31. The maximum absolute atomic E-state index is 5.60. The predicted molar refractivity (Wildman–Crippen MR) is 67.7 cm³/mol. The van der Waals surface area contributed by atoms with Crippen LogP contribution in [0.2, 0.25) is 0 Å². The Balaban J connectivity index is 1.99. The van der Waals surface area contributed by atoms with E-state index < -0.39 is 0 Å². The molecule has 2 aromatic heterocycles. The first-order chi connectivity index (χ1) is 8.29. The molecule has 0 fully saturated rings. The van der Waals surface area contributed by atoms with Crippen molar-refractivity contribution in [1.29, 1.82) is 0 Å². The van der Waals surface area contributed by atoms with Crippen molar-refractivity contribution in [2.45, 2.75) is 13.2 Å². The van der Waals surface area contributed by atoms with Gasteiger partial charge < -0.3 is 14.5 Å². The van der Waals surface area contributed by atoms with E-state index in [1.54, 1.807) is 18.7 Å². The van der Waals surface area contributed by atoms with Gasteiger partial charge in [0.25, 0.3) is 0 Å². The zero-order valence-corrected chi connectivity index (χ0v) is 11.0. The number of furan rings is 1. The van der Waals surface area contributed by atoms with Crippen LogP contribution < -0.4 is 10.1 Å². The number of nitrogens with zero attached hydrogens (tertiary/aromatic N) is 1. The molecule has 0 saturated heterocycles. The molecule has 0 spiro atoms. The summed E-state index contributed by atoms with van der Waals surface area (Å²) in [5, 5.41) is 3.08. The normalized spacial score (nSPS) is 10.5. The molecule has 0 amide bonds. The van der Waals surface area contributed by atoms with Gasteiger partial charge in [-0.25, -0.2) is 0 Å². The van der Waals surface area contributed by atoms with Gasteiger partial charge in [0, 0.05) is 22.8 Å². The Bertz CT molecular complexity index is 485. The third-order valence-electron chi connectivity index (χ3n) is 2.25. The minimum atomic E-state index is 0.405. The molecule has 0 atom stereocenters. The second-order valence-electron chi connectivity index (χ2n) is 3.53. The highest BCUT2D eigenvalue weighted by Gasteiger charge is 2.06. The molecule has 5 heteroatoms. The standard InChI is InChI=1S/C12H13BrN2O2/c1-14-5-9-2-3-16-12(9)8-17-11-4-10(13)6-15-7-11/h2-4,6-7,14H,5,8H2,1H3. The third-order valence-corrected chi connectivity index (χ3v) is 2.69. The molecule has 0 aliphatic carbocycles. The summed E-state index contributed by atoms with van der Waals surface area (Å²) in [6.45, 7) is 1.17. The van der Waals surface area contributed by atoms with Gasteiger partial charge in [-0.05, 0) is 35.1 Å². The minimum Gasteiger partial charge on any atom is -0.484 e. The van der Waals surface area contributed by atoms with Crippen molar-refractivity contribution in [3.05, 3.63) is 46.6 Å². The average molecular weight is 297 g/mol. The van der Waals surface area contributed by atoms with E-state index in [2.05, 4.69) is 26.2 Å². The number of hydrogen-bond donors (Lipinski definition) is 1. The molecule has 0 saturated carbocycles. The fraction of sp³-hybridized carbons (Fsp3) is 0.250. The molecule has 0 unspecified atom stereocenters. The molecule has 2 aromatic rings. The van der Waals surface area contributed by atoms with Crippen molar-refractivity contribution in [2.24, 2.45) is 0 Å². The number of hydrogen-bond acceptors (Lipinski definition) is 4. The smallest absolute Gasteiger partial charge is 0.146 e. The van der Waals surface area contributed by atoms with Crippen LogP contribution >= 0.6 is 15.9 Å². The van der Waals surface area contributed by atoms with E-state index >= 15 is 0 Å². The maximum atomic E-state index is 5.60. The largest absolute Gasteiger partial charge is 0.484 e. The van der Waals surface area contributed by atoms with Gasteiger partial charge in [0.05, 0.1) is 12.5 Å². The number of halogens is 1. The summed E-state index contributed by atoms with van der Waals surface area (Å²) in [6, 6.07) is 3.81. The van der Waals surface area contributed by atoms with Crippen molar-refractivity contribution in [1.82, 2.24) is 10.3 Å². The van der Waals surface area contributed by atoms with Crippen LogP contribution in [0.3, 0.4) is 0 Å². The number of nitrogens with one attached hydrogen (secondary N) is 1. The second kappa shape index (κ2) is 5.84. The quantitative estimate of drug-likeness (QED) is 0.922. The monoisotopic (exact) mass is 296 g/mol. The number of ether oxygens (including phenoxy) is 1. The average Bonchev–Trinajstić information content (AvgIpc) is 2.75. The van der Waals surface area contributed by atoms with E-state index in [-0.39, 0.29) is 0 Å². The molecule has 0 radical (unpaired) electrons. The van der Waals surface area contributed by atoms with Crippen LogP contribution in [0.1, 0.15) is 11.3 Å². The lowest BCUT2D eigenvalue weighted by atomic mass is 10.2. The van der Waals surface area contributed by atoms with E-state index in [0.29, 0.717) is 12.4 Å². The Hall–Kier alpha value is -1.33. The first-order valence-corrected chi connectivity index (χ1v) is 6.02. The number of rotatable bonds is 5. The van der Waals surface area contributed by atoms with Crippen LogP contribution in [0, 0.1) is 0 Å². The van der Waals surface area contributed by atoms with Crippen molar-refractivity contribution in [2.75, 3.05) is 7.05 Å². The molecule has 2 rings (SSSR count). The maximum Gasteiger partial charge on any atom is 0.146 e. The molecule has 0 aromatic carbocycles. The van der Waals surface area contributed by atoms with E-state index in [0.717, 1.165) is 22.3 Å². The van der Waals surface area contributed by atoms with Crippen molar-refractivity contribution in [3.8, 4) is 5.75 Å². The SMILES string of the molecule is CNCc1ccoc1COc1cncc(Br)c1. The molecule has 0 bridgehead atoms. The molecule has 17 heavy (non-hydrogen) atoms. The summed E-state index contributed by atoms with van der Waals surface area (Å²) in [5.74, 6) is 1.55. The number of aromatic nitrogens is 1. The summed E-state index contributed by atoms with van der Waals surface area (Å²) < 4.78 is 11.9. The summed E-state index contributed by atoms with van der Waals surface area (Å²) >= 11 is 3.34. The molecule has 1 N–H and O–H groups in total. The lowest BCUT2D eigenvalue weighted by Crippen LogP contribution is -2.07. The van der Waals surface area contributed by atoms with Crippen LogP contribution in [0.15, 0.2) is 39.7 Å². The summed E-state index contributed by atoms with van der Waals surface area (Å²) in [5.41, 5.74) is 1.11. The molecule has 0 aliphatic rings. The van der Waals surface area contributed by atoms with Crippen molar-refractivity contribution in [3.63, 3.8) is 0 Å². The van der Waals surface area contributed by atoms with Crippen molar-refractivity contribution >= 4 is 15.9 Å². The van der Waals surface area contributed by atoms with E-state index in [1.165, 1.54) is 0 Å². The van der Waals surface area contributed by atoms with Crippen LogP contribution in [0.25, 0.3) is 0 Å². The summed E-state index contributed by atoms with van der Waals surface area (Å²) in [4.78, 5) is 4.03. The van der Waals surface area contributed by atoms with Crippen LogP contribution in [0.5, 0.6) is 5.75 Å². The van der Waals surface area contributed by atoms with Gasteiger partial charge in [-0.2, -0.15) is 0 Å². The Labute approximate surface area is 108 Å². The van der Waals surface area contributed by atoms with E-state index in [9.17, 15) is 0 Å². The molecule has 90 valence electrons. The van der Waals surface area contributed by atoms with Crippen LogP contribution in [-0.4, -0.2) is 12.0 Å². The van der Waals surface area contributed by atoms with Gasteiger partial charge in [-0.15, -0.1) is 0 Å². The Morgan fingerprint density at radius 2 is 2.35 bits per heavy atom. The highest BCUT2D eigenvalue weighted by atomic mass is 79.9. The zero-order chi connectivity index (χ0) is 12.1. The van der Waals surface area contributed by atoms with Gasteiger partial charge in [-0.1, -0.05) is 0 Å². The molecular formula is C12H13BrN2O2. The number of pyridine rings is 1. The summed E-state index contributed by atoms with van der Waals surface area (Å²) in [7, 11) is 1.90. The van der Waals surface area contributed by atoms with Gasteiger partial charge in [0.15, 0.2) is 0 Å². The van der Waals surface area contributed by atoms with E-state index in [1.807, 2.05) is 19.2 Å². The Kier molecular flexibility index (Phi) is 4.17. The fourth-order valence-corrected chi connectivity index (χ4v) is 1.81. The molecule has 2 heterocycles. The van der Waals surface area contributed by atoms with Crippen LogP contribution in [-0.2, 0) is 13.2 Å². The Morgan fingerprint density at radius 1 is 1.47 bits per heavy atom. The van der Waals surface area contributed by atoms with E-state index in [4.69, 9.17) is 9.15 Å². The van der Waals surface area contributed by atoms with Crippen LogP contribution in [0.4, 0.5) is 0 Å². The minimum absolute atomic E-state index is 0.405. The highest BCUT2D eigenvalue weighted by Crippen LogP contribution is 2.18. The van der Waals surface area contributed by atoms with Gasteiger partial charge in [-0.3, -0.25) is 4.98 Å². The molecule has 0 aliphatic heterocycles. The molecular weight excluding hydrogens is 284 g/mol. The van der Waals surface area contributed by atoms with Gasteiger partial charge in [0.2, 0.25) is 0 Å². The van der Waals surface area contributed by atoms with Gasteiger partial charge in [0.1, 0.15) is 18.1 Å². The highest BCUT2D eigenvalue weighted by molar-refractivity contribution is 9.10. The van der Waals surface area contributed by atoms with Gasteiger partial charge >= 0.3 is 0 Å². The fourth-order valence-electron chi connectivity index (χ4n) is 1.46. The molecule has 4 nitrogen and oxygen atoms in total. The summed E-state index contributed by atoms with van der Waals surface area (Å²) in [6.07, 6.45) is 5.06. The lowest BCUT2D eigenvalue weighted by molar-refractivity contribution is 0.267.